The summed E-state index contributed by atoms with van der Waals surface area (Å²) in [5.41, 5.74) is 1.22. The lowest BCUT2D eigenvalue weighted by atomic mass is 10.1. The van der Waals surface area contributed by atoms with Gasteiger partial charge in [0.1, 0.15) is 0 Å². The molecule has 0 aliphatic carbocycles. The highest BCUT2D eigenvalue weighted by Crippen LogP contribution is 2.22. The number of nitrogens with one attached hydrogen (secondary N) is 2. The molecule has 2 aromatic rings. The van der Waals surface area contributed by atoms with Gasteiger partial charge in [-0.05, 0) is 32.4 Å². The van der Waals surface area contributed by atoms with Gasteiger partial charge in [-0.1, -0.05) is 6.92 Å². The van der Waals surface area contributed by atoms with Gasteiger partial charge in [0.25, 0.3) is 5.91 Å². The van der Waals surface area contributed by atoms with Crippen LogP contribution in [0.15, 0.2) is 24.4 Å². The van der Waals surface area contributed by atoms with E-state index in [0.717, 1.165) is 18.6 Å². The molecule has 0 spiro atoms. The Hall–Kier alpha value is -2.97. The second-order valence-electron chi connectivity index (χ2n) is 7.01. The first-order valence-corrected chi connectivity index (χ1v) is 9.18. The average molecular weight is 391 g/mol. The Morgan fingerprint density at radius 2 is 2.07 bits per heavy atom. The molecule has 1 aliphatic heterocycles. The maximum Gasteiger partial charge on any atom is 0.322 e. The minimum absolute atomic E-state index is 0.0262. The molecule has 0 saturated heterocycles. The van der Waals surface area contributed by atoms with Gasteiger partial charge in [0.2, 0.25) is 0 Å². The summed E-state index contributed by atoms with van der Waals surface area (Å²) in [6.45, 7) is 6.35. The van der Waals surface area contributed by atoms with Crippen LogP contribution >= 0.6 is 0 Å². The Balaban J connectivity index is 1.77. The summed E-state index contributed by atoms with van der Waals surface area (Å²) in [7, 11) is 0. The van der Waals surface area contributed by atoms with E-state index in [-0.39, 0.29) is 30.2 Å². The van der Waals surface area contributed by atoms with Crippen LogP contribution in [0.2, 0.25) is 0 Å². The number of halogens is 2. The minimum atomic E-state index is -1.04. The Labute approximate surface area is 161 Å². The zero-order valence-electron chi connectivity index (χ0n) is 16.0. The monoisotopic (exact) mass is 391 g/mol. The first kappa shape index (κ1) is 19.8. The second-order valence-corrected chi connectivity index (χ2v) is 7.01. The molecule has 0 bridgehead atoms. The summed E-state index contributed by atoms with van der Waals surface area (Å²) in [5.74, 6) is -2.25. The van der Waals surface area contributed by atoms with Crippen molar-refractivity contribution in [2.75, 3.05) is 5.32 Å². The van der Waals surface area contributed by atoms with E-state index in [1.807, 2.05) is 20.8 Å². The molecule has 2 atom stereocenters. The van der Waals surface area contributed by atoms with Crippen molar-refractivity contribution in [3.05, 3.63) is 47.3 Å². The van der Waals surface area contributed by atoms with Crippen molar-refractivity contribution in [3.8, 4) is 0 Å². The smallest absolute Gasteiger partial charge is 0.322 e. The highest BCUT2D eigenvalue weighted by Gasteiger charge is 2.31. The number of aromatic nitrogens is 2. The fourth-order valence-electron chi connectivity index (χ4n) is 3.04. The number of carbonyl (C=O) groups excluding carboxylic acids is 2. The van der Waals surface area contributed by atoms with Crippen LogP contribution in [0.5, 0.6) is 0 Å². The van der Waals surface area contributed by atoms with E-state index in [4.69, 9.17) is 0 Å². The third-order valence-electron chi connectivity index (χ3n) is 4.90. The number of rotatable bonds is 4. The average Bonchev–Trinajstić information content (AvgIpc) is 3.06. The van der Waals surface area contributed by atoms with Crippen LogP contribution in [-0.4, -0.2) is 38.7 Å². The van der Waals surface area contributed by atoms with E-state index in [9.17, 15) is 18.4 Å². The van der Waals surface area contributed by atoms with Crippen molar-refractivity contribution in [1.29, 1.82) is 0 Å². The molecule has 3 amide bonds. The first-order valence-electron chi connectivity index (χ1n) is 9.18. The minimum Gasteiger partial charge on any atom is -0.349 e. The Morgan fingerprint density at radius 3 is 2.75 bits per heavy atom. The second kappa shape index (κ2) is 7.95. The molecular weight excluding hydrogens is 368 g/mol. The number of benzene rings is 1. The van der Waals surface area contributed by atoms with E-state index >= 15 is 0 Å². The van der Waals surface area contributed by atoms with E-state index < -0.39 is 17.7 Å². The van der Waals surface area contributed by atoms with Crippen molar-refractivity contribution in [2.45, 2.75) is 52.4 Å². The number of hydrogen-bond donors (Lipinski definition) is 2. The maximum absolute atomic E-state index is 13.4. The molecule has 7 nitrogen and oxygen atoms in total. The van der Waals surface area contributed by atoms with Crippen molar-refractivity contribution in [3.63, 3.8) is 0 Å². The number of urea groups is 1. The van der Waals surface area contributed by atoms with Crippen LogP contribution in [0.3, 0.4) is 0 Å². The molecule has 3 rings (SSSR count). The summed E-state index contributed by atoms with van der Waals surface area (Å²) < 4.78 is 28.2. The number of nitrogens with zero attached hydrogens (tertiary/aromatic N) is 3. The lowest BCUT2D eigenvalue weighted by Gasteiger charge is -2.34. The maximum atomic E-state index is 13.4. The lowest BCUT2D eigenvalue weighted by Crippen LogP contribution is -2.47. The van der Waals surface area contributed by atoms with Crippen molar-refractivity contribution in [1.82, 2.24) is 20.0 Å². The number of hydrogen-bond acceptors (Lipinski definition) is 3. The molecule has 0 radical (unpaired) electrons. The van der Waals surface area contributed by atoms with E-state index in [1.165, 1.54) is 17.2 Å². The molecule has 1 aliphatic rings. The van der Waals surface area contributed by atoms with Crippen LogP contribution in [0.4, 0.5) is 19.3 Å². The molecule has 0 saturated carbocycles. The third-order valence-corrected chi connectivity index (χ3v) is 4.90. The Morgan fingerprint density at radius 1 is 1.32 bits per heavy atom. The van der Waals surface area contributed by atoms with Gasteiger partial charge in [0.15, 0.2) is 11.6 Å². The van der Waals surface area contributed by atoms with Crippen LogP contribution < -0.4 is 10.6 Å². The van der Waals surface area contributed by atoms with Crippen molar-refractivity contribution >= 4 is 17.6 Å². The van der Waals surface area contributed by atoms with E-state index in [2.05, 4.69) is 15.7 Å². The zero-order valence-corrected chi connectivity index (χ0v) is 16.0. The first-order chi connectivity index (χ1) is 13.3. The number of amides is 3. The zero-order chi connectivity index (χ0) is 20.4. The standard InChI is InChI=1S/C19H23F2N5O2/c1-4-11(2)23-18(27)14-8-22-26-9-12(3)25(10-17(14)26)19(28)24-13-5-6-15(20)16(21)7-13/h5-8,11-12H,4,9-10H2,1-3H3,(H,23,27)(H,24,28)/t11-,12-/m1/s1. The quantitative estimate of drug-likeness (QED) is 0.841. The molecule has 28 heavy (non-hydrogen) atoms. The number of fused-ring (bicyclic) bond motifs is 1. The van der Waals surface area contributed by atoms with Crippen LogP contribution in [0, 0.1) is 11.6 Å². The van der Waals surface area contributed by atoms with Crippen molar-refractivity contribution < 1.29 is 18.4 Å². The SMILES string of the molecule is CC[C@@H](C)NC(=O)c1cnn2c1CN(C(=O)Nc1ccc(F)c(F)c1)[C@H](C)C2. The van der Waals surface area contributed by atoms with Gasteiger partial charge >= 0.3 is 6.03 Å². The fraction of sp³-hybridized carbons (Fsp3) is 0.421. The lowest BCUT2D eigenvalue weighted by molar-refractivity contribution is 0.0934. The Bertz CT molecular complexity index is 898. The fourth-order valence-corrected chi connectivity index (χ4v) is 3.04. The van der Waals surface area contributed by atoms with Gasteiger partial charge in [-0.3, -0.25) is 9.48 Å². The van der Waals surface area contributed by atoms with E-state index in [0.29, 0.717) is 17.8 Å². The van der Waals surface area contributed by atoms with E-state index in [1.54, 1.807) is 4.68 Å². The largest absolute Gasteiger partial charge is 0.349 e. The summed E-state index contributed by atoms with van der Waals surface area (Å²) in [6, 6.07) is 2.55. The molecule has 1 aromatic heterocycles. The van der Waals surface area contributed by atoms with Crippen LogP contribution in [0.1, 0.15) is 43.2 Å². The highest BCUT2D eigenvalue weighted by molar-refractivity contribution is 5.95. The predicted molar refractivity (Wildman–Crippen MR) is 99.8 cm³/mol. The third kappa shape index (κ3) is 3.97. The summed E-state index contributed by atoms with van der Waals surface area (Å²) in [4.78, 5) is 26.7. The van der Waals surface area contributed by atoms with Crippen LogP contribution in [-0.2, 0) is 13.1 Å². The molecule has 1 aromatic carbocycles. The van der Waals surface area contributed by atoms with Gasteiger partial charge in [-0.25, -0.2) is 13.6 Å². The Kier molecular flexibility index (Phi) is 5.62. The molecule has 2 N–H and O–H groups in total. The summed E-state index contributed by atoms with van der Waals surface area (Å²) >= 11 is 0. The van der Waals surface area contributed by atoms with Crippen molar-refractivity contribution in [2.24, 2.45) is 0 Å². The molecule has 150 valence electrons. The molecule has 0 fully saturated rings. The number of anilines is 1. The van der Waals surface area contributed by atoms with Crippen LogP contribution in [0.25, 0.3) is 0 Å². The molecule has 2 heterocycles. The van der Waals surface area contributed by atoms with Gasteiger partial charge in [-0.2, -0.15) is 5.10 Å². The van der Waals surface area contributed by atoms with Gasteiger partial charge in [0.05, 0.1) is 36.6 Å². The molecule has 0 unspecified atom stereocenters. The number of carbonyl (C=O) groups is 2. The van der Waals surface area contributed by atoms with Gasteiger partial charge < -0.3 is 15.5 Å². The predicted octanol–water partition coefficient (Wildman–Crippen LogP) is 3.13. The molecule has 9 heteroatoms. The highest BCUT2D eigenvalue weighted by atomic mass is 19.2. The summed E-state index contributed by atoms with van der Waals surface area (Å²) in [6.07, 6.45) is 2.31. The van der Waals surface area contributed by atoms with Gasteiger partial charge in [-0.15, -0.1) is 0 Å². The normalized spacial score (nSPS) is 17.0. The summed E-state index contributed by atoms with van der Waals surface area (Å²) in [5, 5.41) is 9.74. The molecular formula is C19H23F2N5O2. The van der Waals surface area contributed by atoms with Gasteiger partial charge in [0, 0.05) is 17.8 Å². The topological polar surface area (TPSA) is 79.3 Å².